The van der Waals surface area contributed by atoms with Crippen LogP contribution in [0.5, 0.6) is 0 Å². The predicted octanol–water partition coefficient (Wildman–Crippen LogP) is 5.70. The van der Waals surface area contributed by atoms with Gasteiger partial charge in [0.1, 0.15) is 0 Å². The van der Waals surface area contributed by atoms with Gasteiger partial charge < -0.3 is 0 Å². The van der Waals surface area contributed by atoms with Gasteiger partial charge in [0, 0.05) is 16.0 Å². The topological polar surface area (TPSA) is 50.2 Å². The third-order valence-corrected chi connectivity index (χ3v) is 4.36. The van der Waals surface area contributed by atoms with Crippen LogP contribution in [0.25, 0.3) is 22.2 Å². The highest BCUT2D eigenvalue weighted by atomic mass is 35.5. The smallest absolute Gasteiger partial charge is 0.244 e. The molecule has 3 aromatic carbocycles. The Bertz CT molecular complexity index is 1120. The zero-order chi connectivity index (χ0) is 18.6. The fourth-order valence-corrected chi connectivity index (χ4v) is 3.05. The van der Waals surface area contributed by atoms with Gasteiger partial charge >= 0.3 is 0 Å². The number of halogens is 1. The number of anilines is 1. The highest BCUT2D eigenvalue weighted by Crippen LogP contribution is 2.29. The summed E-state index contributed by atoms with van der Waals surface area (Å²) in [5.74, 6) is 0.438. The molecule has 1 N–H and O–H groups in total. The number of nitrogens with zero attached hydrogens (tertiary/aromatic N) is 3. The summed E-state index contributed by atoms with van der Waals surface area (Å²) >= 11 is 6.19. The molecule has 0 aliphatic carbocycles. The molecule has 4 nitrogen and oxygen atoms in total. The van der Waals surface area contributed by atoms with Crippen molar-refractivity contribution in [2.45, 2.75) is 6.92 Å². The van der Waals surface area contributed by atoms with E-state index in [9.17, 15) is 0 Å². The number of rotatable bonds is 4. The Morgan fingerprint density at radius 2 is 1.78 bits per heavy atom. The van der Waals surface area contributed by atoms with Gasteiger partial charge in [0.15, 0.2) is 0 Å². The van der Waals surface area contributed by atoms with Crippen LogP contribution in [-0.4, -0.2) is 16.2 Å². The number of hydrogen-bond donors (Lipinski definition) is 1. The first kappa shape index (κ1) is 17.2. The fourth-order valence-electron chi connectivity index (χ4n) is 2.88. The molecule has 0 atom stereocenters. The highest BCUT2D eigenvalue weighted by Gasteiger charge is 2.10. The van der Waals surface area contributed by atoms with Gasteiger partial charge in [-0.25, -0.2) is 15.4 Å². The summed E-state index contributed by atoms with van der Waals surface area (Å²) in [5.41, 5.74) is 7.76. The molecule has 0 amide bonds. The van der Waals surface area contributed by atoms with Crippen LogP contribution in [0.2, 0.25) is 5.02 Å². The molecular formula is C22H17ClN4. The molecule has 4 rings (SSSR count). The summed E-state index contributed by atoms with van der Waals surface area (Å²) in [4.78, 5) is 9.22. The first-order valence-electron chi connectivity index (χ1n) is 8.57. The second kappa shape index (κ2) is 7.56. The lowest BCUT2D eigenvalue weighted by atomic mass is 10.1. The van der Waals surface area contributed by atoms with Crippen molar-refractivity contribution in [3.05, 3.63) is 88.9 Å². The molecule has 1 heterocycles. The standard InChI is InChI=1S/C22H17ClN4/c1-15-6-5-7-16(12-15)14-24-27-22-25-20-11-10-18(23)13-19(20)21(26-22)17-8-3-2-4-9-17/h2-14H,1H3,(H,25,26,27). The van der Waals surface area contributed by atoms with Crippen LogP contribution in [0.15, 0.2) is 77.9 Å². The summed E-state index contributed by atoms with van der Waals surface area (Å²) < 4.78 is 0. The summed E-state index contributed by atoms with van der Waals surface area (Å²) in [7, 11) is 0. The minimum absolute atomic E-state index is 0.438. The number of hydrogen-bond acceptors (Lipinski definition) is 4. The zero-order valence-corrected chi connectivity index (χ0v) is 15.5. The minimum atomic E-state index is 0.438. The number of fused-ring (bicyclic) bond motifs is 1. The van der Waals surface area contributed by atoms with Crippen molar-refractivity contribution in [3.8, 4) is 11.3 Å². The van der Waals surface area contributed by atoms with Crippen LogP contribution in [-0.2, 0) is 0 Å². The van der Waals surface area contributed by atoms with E-state index in [4.69, 9.17) is 11.6 Å². The first-order chi connectivity index (χ1) is 13.2. The van der Waals surface area contributed by atoms with Crippen molar-refractivity contribution >= 4 is 34.7 Å². The second-order valence-corrected chi connectivity index (χ2v) is 6.64. The zero-order valence-electron chi connectivity index (χ0n) is 14.7. The van der Waals surface area contributed by atoms with Gasteiger partial charge in [-0.1, -0.05) is 71.8 Å². The molecule has 4 aromatic rings. The maximum Gasteiger partial charge on any atom is 0.244 e. The average molecular weight is 373 g/mol. The third-order valence-electron chi connectivity index (χ3n) is 4.13. The lowest BCUT2D eigenvalue weighted by molar-refractivity contribution is 1.16. The third kappa shape index (κ3) is 3.96. The van der Waals surface area contributed by atoms with Crippen molar-refractivity contribution in [2.24, 2.45) is 5.10 Å². The monoisotopic (exact) mass is 372 g/mol. The van der Waals surface area contributed by atoms with Gasteiger partial charge in [-0.05, 0) is 30.7 Å². The molecule has 0 saturated heterocycles. The van der Waals surface area contributed by atoms with Crippen molar-refractivity contribution in [1.29, 1.82) is 0 Å². The molecule has 5 heteroatoms. The Kier molecular flexibility index (Phi) is 4.81. The molecular weight excluding hydrogens is 356 g/mol. The first-order valence-corrected chi connectivity index (χ1v) is 8.95. The molecule has 0 aliphatic rings. The van der Waals surface area contributed by atoms with Gasteiger partial charge in [-0.15, -0.1) is 0 Å². The molecule has 0 radical (unpaired) electrons. The molecule has 132 valence electrons. The van der Waals surface area contributed by atoms with Crippen LogP contribution >= 0.6 is 11.6 Å². The number of aromatic nitrogens is 2. The second-order valence-electron chi connectivity index (χ2n) is 6.21. The normalized spacial score (nSPS) is 11.2. The molecule has 0 aliphatic heterocycles. The lowest BCUT2D eigenvalue weighted by Crippen LogP contribution is -2.00. The number of hydrazone groups is 1. The molecule has 0 spiro atoms. The van der Waals surface area contributed by atoms with E-state index < -0.39 is 0 Å². The largest absolute Gasteiger partial charge is 0.245 e. The van der Waals surface area contributed by atoms with Crippen molar-refractivity contribution in [1.82, 2.24) is 9.97 Å². The van der Waals surface area contributed by atoms with Gasteiger partial charge in [-0.2, -0.15) is 5.10 Å². The van der Waals surface area contributed by atoms with E-state index in [2.05, 4.69) is 39.6 Å². The molecule has 0 saturated carbocycles. The van der Waals surface area contributed by atoms with E-state index in [1.165, 1.54) is 5.56 Å². The van der Waals surface area contributed by atoms with E-state index in [-0.39, 0.29) is 0 Å². The Balaban J connectivity index is 1.72. The van der Waals surface area contributed by atoms with Gasteiger partial charge in [-0.3, -0.25) is 0 Å². The molecule has 0 unspecified atom stereocenters. The van der Waals surface area contributed by atoms with Crippen LogP contribution in [0.4, 0.5) is 5.95 Å². The van der Waals surface area contributed by atoms with Crippen LogP contribution in [0, 0.1) is 6.92 Å². The fraction of sp³-hybridized carbons (Fsp3) is 0.0455. The molecule has 0 fully saturated rings. The maximum atomic E-state index is 6.19. The van der Waals surface area contributed by atoms with E-state index >= 15 is 0 Å². The van der Waals surface area contributed by atoms with Crippen LogP contribution < -0.4 is 5.43 Å². The quantitative estimate of drug-likeness (QED) is 0.369. The molecule has 0 bridgehead atoms. The summed E-state index contributed by atoms with van der Waals surface area (Å²) in [6, 6.07) is 23.7. The number of aryl methyl sites for hydroxylation is 1. The van der Waals surface area contributed by atoms with E-state index in [0.29, 0.717) is 11.0 Å². The Hall–Kier alpha value is -3.24. The Morgan fingerprint density at radius 1 is 0.926 bits per heavy atom. The van der Waals surface area contributed by atoms with Crippen LogP contribution in [0.3, 0.4) is 0 Å². The van der Waals surface area contributed by atoms with Crippen molar-refractivity contribution in [3.63, 3.8) is 0 Å². The molecule has 1 aromatic heterocycles. The van der Waals surface area contributed by atoms with Gasteiger partial charge in [0.25, 0.3) is 0 Å². The summed E-state index contributed by atoms with van der Waals surface area (Å²) in [6.07, 6.45) is 1.75. The number of benzene rings is 3. The predicted molar refractivity (Wildman–Crippen MR) is 112 cm³/mol. The summed E-state index contributed by atoms with van der Waals surface area (Å²) in [5, 5.41) is 5.84. The maximum absolute atomic E-state index is 6.19. The van der Waals surface area contributed by atoms with Gasteiger partial charge in [0.05, 0.1) is 17.4 Å². The van der Waals surface area contributed by atoms with Crippen molar-refractivity contribution < 1.29 is 0 Å². The summed E-state index contributed by atoms with van der Waals surface area (Å²) in [6.45, 7) is 2.05. The van der Waals surface area contributed by atoms with E-state index in [1.807, 2.05) is 60.7 Å². The SMILES string of the molecule is Cc1cccc(C=NNc2nc(-c3ccccc3)c3cc(Cl)ccc3n2)c1. The minimum Gasteiger partial charge on any atom is -0.245 e. The Labute approximate surface area is 162 Å². The van der Waals surface area contributed by atoms with Crippen LogP contribution in [0.1, 0.15) is 11.1 Å². The Morgan fingerprint density at radius 3 is 2.59 bits per heavy atom. The lowest BCUT2D eigenvalue weighted by Gasteiger charge is -2.09. The van der Waals surface area contributed by atoms with E-state index in [0.717, 1.165) is 27.7 Å². The highest BCUT2D eigenvalue weighted by molar-refractivity contribution is 6.31. The van der Waals surface area contributed by atoms with Crippen molar-refractivity contribution in [2.75, 3.05) is 5.43 Å². The molecule has 27 heavy (non-hydrogen) atoms. The number of nitrogens with one attached hydrogen (secondary N) is 1. The average Bonchev–Trinajstić information content (AvgIpc) is 2.68. The van der Waals surface area contributed by atoms with Gasteiger partial charge in [0.2, 0.25) is 5.95 Å². The van der Waals surface area contributed by atoms with E-state index in [1.54, 1.807) is 6.21 Å².